The van der Waals surface area contributed by atoms with Crippen LogP contribution in [-0.4, -0.2) is 21.6 Å². The number of carbonyl (C=O) groups is 1. The maximum Gasteiger partial charge on any atom is 0.343 e. The Labute approximate surface area is 96.7 Å². The third-order valence-corrected chi connectivity index (χ3v) is 3.23. The number of benzene rings is 2. The average molecular weight is 234 g/mol. The van der Waals surface area contributed by atoms with E-state index in [1.165, 1.54) is 0 Å². The van der Waals surface area contributed by atoms with Gasteiger partial charge in [-0.15, -0.1) is 0 Å². The number of hydrogen-bond acceptors (Lipinski definition) is 3. The van der Waals surface area contributed by atoms with Gasteiger partial charge in [0.1, 0.15) is 0 Å². The normalized spacial score (nSPS) is 12.6. The van der Waals surface area contributed by atoms with Crippen molar-refractivity contribution in [1.82, 2.24) is 0 Å². The van der Waals surface area contributed by atoms with Gasteiger partial charge in [0.25, 0.3) is 0 Å². The molecule has 2 aromatic carbocycles. The molecule has 0 saturated heterocycles. The zero-order chi connectivity index (χ0) is 11.5. The smallest absolute Gasteiger partial charge is 0.343 e. The van der Waals surface area contributed by atoms with Crippen molar-refractivity contribution in [2.45, 2.75) is 10.3 Å². The summed E-state index contributed by atoms with van der Waals surface area (Å²) in [6.45, 7) is 0. The molecule has 82 valence electrons. The van der Waals surface area contributed by atoms with Gasteiger partial charge in [0.2, 0.25) is 5.44 Å². The Bertz CT molecular complexity index is 519. The van der Waals surface area contributed by atoms with Gasteiger partial charge in [-0.1, -0.05) is 48.2 Å². The molecule has 2 rings (SSSR count). The Kier molecular flexibility index (Phi) is 3.12. The molecular formula is C12H10O3S. The van der Waals surface area contributed by atoms with Gasteiger partial charge in [0, 0.05) is 4.90 Å². The summed E-state index contributed by atoms with van der Waals surface area (Å²) in [5, 5.41) is 19.9. The van der Waals surface area contributed by atoms with Gasteiger partial charge < -0.3 is 10.2 Å². The highest BCUT2D eigenvalue weighted by Gasteiger charge is 2.15. The van der Waals surface area contributed by atoms with Crippen LogP contribution < -0.4 is 0 Å². The summed E-state index contributed by atoms with van der Waals surface area (Å²) in [7, 11) is 0. The van der Waals surface area contributed by atoms with Crippen LogP contribution in [0.1, 0.15) is 0 Å². The van der Waals surface area contributed by atoms with Crippen LogP contribution in [0, 0.1) is 0 Å². The number of aliphatic hydroxyl groups excluding tert-OH is 1. The Morgan fingerprint density at radius 3 is 2.56 bits per heavy atom. The Hall–Kier alpha value is -1.52. The largest absolute Gasteiger partial charge is 0.479 e. The molecule has 16 heavy (non-hydrogen) atoms. The molecule has 0 aliphatic heterocycles. The first kappa shape index (κ1) is 11.0. The monoisotopic (exact) mass is 234 g/mol. The standard InChI is InChI=1S/C12H10O3S/c13-11(14)12(15)16-10-7-3-5-8-4-1-2-6-9(8)10/h1-7,12,15H,(H,13,14). The third kappa shape index (κ3) is 2.18. The van der Waals surface area contributed by atoms with Gasteiger partial charge in [-0.05, 0) is 16.8 Å². The number of carboxylic acid groups (broad SMARTS) is 1. The van der Waals surface area contributed by atoms with Gasteiger partial charge in [0.15, 0.2) is 0 Å². The molecule has 2 aromatic rings. The van der Waals surface area contributed by atoms with Crippen molar-refractivity contribution >= 4 is 28.5 Å². The number of thioether (sulfide) groups is 1. The first-order valence-electron chi connectivity index (χ1n) is 4.74. The molecule has 0 spiro atoms. The maximum absolute atomic E-state index is 10.6. The summed E-state index contributed by atoms with van der Waals surface area (Å²) in [6.07, 6.45) is 0. The minimum absolute atomic E-state index is 0.771. The Morgan fingerprint density at radius 2 is 1.81 bits per heavy atom. The quantitative estimate of drug-likeness (QED) is 0.632. The van der Waals surface area contributed by atoms with E-state index in [4.69, 9.17) is 5.11 Å². The van der Waals surface area contributed by atoms with Gasteiger partial charge in [0.05, 0.1) is 0 Å². The van der Waals surface area contributed by atoms with Gasteiger partial charge in [-0.3, -0.25) is 0 Å². The second-order valence-electron chi connectivity index (χ2n) is 3.29. The van der Waals surface area contributed by atoms with E-state index in [9.17, 15) is 9.90 Å². The molecule has 0 aliphatic rings. The molecule has 0 amide bonds. The molecular weight excluding hydrogens is 224 g/mol. The zero-order valence-electron chi connectivity index (χ0n) is 8.33. The second kappa shape index (κ2) is 4.55. The predicted molar refractivity (Wildman–Crippen MR) is 63.4 cm³/mol. The topological polar surface area (TPSA) is 57.5 Å². The van der Waals surface area contributed by atoms with E-state index in [1.807, 2.05) is 36.4 Å². The zero-order valence-corrected chi connectivity index (χ0v) is 9.15. The first-order chi connectivity index (χ1) is 7.68. The fourth-order valence-electron chi connectivity index (χ4n) is 1.47. The summed E-state index contributed by atoms with van der Waals surface area (Å²) in [5.74, 6) is -1.22. The van der Waals surface area contributed by atoms with E-state index >= 15 is 0 Å². The van der Waals surface area contributed by atoms with Crippen LogP contribution >= 0.6 is 11.8 Å². The lowest BCUT2D eigenvalue weighted by molar-refractivity contribution is -0.141. The van der Waals surface area contributed by atoms with E-state index in [1.54, 1.807) is 6.07 Å². The van der Waals surface area contributed by atoms with E-state index in [-0.39, 0.29) is 0 Å². The highest BCUT2D eigenvalue weighted by Crippen LogP contribution is 2.29. The van der Waals surface area contributed by atoms with Gasteiger partial charge in [-0.2, -0.15) is 0 Å². The van der Waals surface area contributed by atoms with E-state index in [2.05, 4.69) is 0 Å². The number of carboxylic acids is 1. The lowest BCUT2D eigenvalue weighted by Crippen LogP contribution is -2.14. The van der Waals surface area contributed by atoms with Crippen LogP contribution in [0.2, 0.25) is 0 Å². The molecule has 0 radical (unpaired) electrons. The molecule has 0 aromatic heterocycles. The van der Waals surface area contributed by atoms with Crippen molar-refractivity contribution in [2.24, 2.45) is 0 Å². The first-order valence-corrected chi connectivity index (χ1v) is 5.62. The molecule has 0 saturated carbocycles. The fraction of sp³-hybridized carbons (Fsp3) is 0.0833. The van der Waals surface area contributed by atoms with Crippen LogP contribution in [0.25, 0.3) is 10.8 Å². The number of aliphatic hydroxyl groups is 1. The molecule has 0 bridgehead atoms. The summed E-state index contributed by atoms with van der Waals surface area (Å²) in [6, 6.07) is 13.3. The summed E-state index contributed by atoms with van der Waals surface area (Å²) < 4.78 is 0. The van der Waals surface area contributed by atoms with Gasteiger partial charge in [-0.25, -0.2) is 4.79 Å². The molecule has 1 unspecified atom stereocenters. The number of aliphatic carboxylic acids is 1. The molecule has 3 nitrogen and oxygen atoms in total. The average Bonchev–Trinajstić information content (AvgIpc) is 2.29. The maximum atomic E-state index is 10.6. The van der Waals surface area contributed by atoms with Crippen molar-refractivity contribution in [2.75, 3.05) is 0 Å². The van der Waals surface area contributed by atoms with Crippen LogP contribution in [0.5, 0.6) is 0 Å². The predicted octanol–water partition coefficient (Wildman–Crippen LogP) is 2.33. The van der Waals surface area contributed by atoms with E-state index in [0.29, 0.717) is 0 Å². The molecule has 0 aliphatic carbocycles. The molecule has 4 heteroatoms. The van der Waals surface area contributed by atoms with Crippen molar-refractivity contribution in [3.63, 3.8) is 0 Å². The number of rotatable bonds is 3. The Morgan fingerprint density at radius 1 is 1.12 bits per heavy atom. The second-order valence-corrected chi connectivity index (χ2v) is 4.41. The summed E-state index contributed by atoms with van der Waals surface area (Å²) >= 11 is 0.937. The molecule has 2 N–H and O–H groups in total. The molecule has 0 heterocycles. The number of hydrogen-bond donors (Lipinski definition) is 2. The lowest BCUT2D eigenvalue weighted by Gasteiger charge is -2.08. The van der Waals surface area contributed by atoms with Crippen LogP contribution in [0.15, 0.2) is 47.4 Å². The van der Waals surface area contributed by atoms with Crippen molar-refractivity contribution in [3.8, 4) is 0 Å². The Balaban J connectivity index is 2.41. The number of fused-ring (bicyclic) bond motifs is 1. The summed E-state index contributed by atoms with van der Waals surface area (Å²) in [4.78, 5) is 11.3. The van der Waals surface area contributed by atoms with Crippen LogP contribution in [0.4, 0.5) is 0 Å². The SMILES string of the molecule is O=C(O)C(O)Sc1cccc2ccccc12. The highest BCUT2D eigenvalue weighted by atomic mass is 32.2. The lowest BCUT2D eigenvalue weighted by atomic mass is 10.1. The van der Waals surface area contributed by atoms with Crippen molar-refractivity contribution in [3.05, 3.63) is 42.5 Å². The molecule has 1 atom stereocenters. The van der Waals surface area contributed by atoms with Gasteiger partial charge >= 0.3 is 5.97 Å². The van der Waals surface area contributed by atoms with E-state index in [0.717, 1.165) is 27.4 Å². The fourth-order valence-corrected chi connectivity index (χ4v) is 2.28. The highest BCUT2D eigenvalue weighted by molar-refractivity contribution is 8.00. The van der Waals surface area contributed by atoms with Crippen molar-refractivity contribution < 1.29 is 15.0 Å². The van der Waals surface area contributed by atoms with Crippen LogP contribution in [0.3, 0.4) is 0 Å². The minimum Gasteiger partial charge on any atom is -0.479 e. The van der Waals surface area contributed by atoms with Crippen LogP contribution in [-0.2, 0) is 4.79 Å². The summed E-state index contributed by atoms with van der Waals surface area (Å²) in [5.41, 5.74) is -1.43. The minimum atomic E-state index is -1.43. The molecule has 0 fully saturated rings. The van der Waals surface area contributed by atoms with E-state index < -0.39 is 11.4 Å². The third-order valence-electron chi connectivity index (χ3n) is 2.20. The van der Waals surface area contributed by atoms with Crippen molar-refractivity contribution in [1.29, 1.82) is 0 Å².